The highest BCUT2D eigenvalue weighted by Gasteiger charge is 2.39. The van der Waals surface area contributed by atoms with Crippen molar-refractivity contribution >= 4 is 28.7 Å². The van der Waals surface area contributed by atoms with E-state index in [2.05, 4.69) is 0 Å². The van der Waals surface area contributed by atoms with Gasteiger partial charge in [0.1, 0.15) is 17.0 Å². The van der Waals surface area contributed by atoms with E-state index in [0.717, 1.165) is 25.7 Å². The first-order valence-electron chi connectivity index (χ1n) is 11.4. The summed E-state index contributed by atoms with van der Waals surface area (Å²) >= 11 is 0. The van der Waals surface area contributed by atoms with Gasteiger partial charge in [0.25, 0.3) is 0 Å². The summed E-state index contributed by atoms with van der Waals surface area (Å²) in [6.07, 6.45) is 4.30. The molecule has 9 heteroatoms. The topological polar surface area (TPSA) is 92.1 Å². The van der Waals surface area contributed by atoms with Crippen LogP contribution in [0.4, 0.5) is 14.9 Å². The van der Waals surface area contributed by atoms with Crippen molar-refractivity contribution in [2.45, 2.75) is 70.7 Å². The normalized spacial score (nSPS) is 20.4. The fraction of sp³-hybridized carbons (Fsp3) is 0.542. The lowest BCUT2D eigenvalue weighted by molar-refractivity contribution is 0.0229. The molecule has 1 aliphatic carbocycles. The van der Waals surface area contributed by atoms with Gasteiger partial charge in [-0.2, -0.15) is 0 Å². The molecule has 33 heavy (non-hydrogen) atoms. The van der Waals surface area contributed by atoms with E-state index < -0.39 is 28.9 Å². The second kappa shape index (κ2) is 7.46. The lowest BCUT2D eigenvalue weighted by atomic mass is 10.0. The quantitative estimate of drug-likeness (QED) is 0.736. The van der Waals surface area contributed by atoms with Crippen molar-refractivity contribution in [3.8, 4) is 0 Å². The van der Waals surface area contributed by atoms with Crippen LogP contribution >= 0.6 is 0 Å². The molecular weight excluding hydrogens is 429 g/mol. The van der Waals surface area contributed by atoms with Crippen LogP contribution in [0, 0.1) is 5.82 Å². The number of carboxylic acids is 1. The largest absolute Gasteiger partial charge is 0.477 e. The number of aromatic carboxylic acids is 1. The predicted molar refractivity (Wildman–Crippen MR) is 120 cm³/mol. The summed E-state index contributed by atoms with van der Waals surface area (Å²) in [5, 5.41) is 9.61. The fourth-order valence-electron chi connectivity index (χ4n) is 5.11. The first kappa shape index (κ1) is 21.7. The van der Waals surface area contributed by atoms with Crippen LogP contribution in [0.5, 0.6) is 0 Å². The Morgan fingerprint density at radius 2 is 1.91 bits per heavy atom. The Morgan fingerprint density at radius 3 is 2.55 bits per heavy atom. The SMILES string of the molecule is CC(C)(C)OC(=O)N1Cc2c(c(F)cc3c(=O)c(C(=O)O)cn(C4CC4)c23)N2CCCC2C1. The van der Waals surface area contributed by atoms with E-state index in [-0.39, 0.29) is 29.6 Å². The molecule has 0 radical (unpaired) electrons. The molecule has 2 aliphatic heterocycles. The summed E-state index contributed by atoms with van der Waals surface area (Å²) < 4.78 is 23.0. The van der Waals surface area contributed by atoms with Crippen LogP contribution in [0.1, 0.15) is 68.4 Å². The summed E-state index contributed by atoms with van der Waals surface area (Å²) in [4.78, 5) is 41.4. The summed E-state index contributed by atoms with van der Waals surface area (Å²) in [7, 11) is 0. The lowest BCUT2D eigenvalue weighted by Gasteiger charge is -2.29. The predicted octanol–water partition coefficient (Wildman–Crippen LogP) is 3.89. The molecule has 1 aromatic heterocycles. The Morgan fingerprint density at radius 1 is 1.18 bits per heavy atom. The number of anilines is 1. The number of nitrogens with zero attached hydrogens (tertiary/aromatic N) is 3. The number of amides is 1. The molecule has 5 rings (SSSR count). The standard InChI is InChI=1S/C24H28FN3O5/c1-24(2,3)33-23(32)26-10-14-5-4-8-27(14)20-16(11-26)19-15(9-18(20)25)21(29)17(22(30)31)12-28(19)13-6-7-13/h9,12-14H,4-8,10-11H2,1-3H3,(H,30,31). The second-order valence-electron chi connectivity index (χ2n) is 10.2. The maximum absolute atomic E-state index is 15.6. The van der Waals surface area contributed by atoms with E-state index >= 15 is 4.39 Å². The number of rotatable bonds is 2. The van der Waals surface area contributed by atoms with Crippen LogP contribution in [0.2, 0.25) is 0 Å². The van der Waals surface area contributed by atoms with Gasteiger partial charge in [-0.1, -0.05) is 0 Å². The van der Waals surface area contributed by atoms with E-state index in [0.29, 0.717) is 29.9 Å². The van der Waals surface area contributed by atoms with Crippen molar-refractivity contribution in [1.82, 2.24) is 9.47 Å². The minimum atomic E-state index is -1.33. The number of carbonyl (C=O) groups is 2. The number of carboxylic acid groups (broad SMARTS) is 1. The Labute approximate surface area is 190 Å². The highest BCUT2D eigenvalue weighted by molar-refractivity contribution is 5.95. The third-order valence-corrected chi connectivity index (χ3v) is 6.61. The van der Waals surface area contributed by atoms with Gasteiger partial charge in [0, 0.05) is 42.3 Å². The zero-order valence-electron chi connectivity index (χ0n) is 19.1. The van der Waals surface area contributed by atoms with Crippen LogP contribution < -0.4 is 10.3 Å². The van der Waals surface area contributed by atoms with E-state index in [1.165, 1.54) is 12.3 Å². The van der Waals surface area contributed by atoms with Gasteiger partial charge >= 0.3 is 12.1 Å². The van der Waals surface area contributed by atoms with Crippen LogP contribution in [0.3, 0.4) is 0 Å². The van der Waals surface area contributed by atoms with Gasteiger partial charge in [-0.25, -0.2) is 14.0 Å². The van der Waals surface area contributed by atoms with Crippen LogP contribution in [-0.4, -0.2) is 51.4 Å². The van der Waals surface area contributed by atoms with Gasteiger partial charge < -0.3 is 24.2 Å². The molecule has 1 saturated carbocycles. The number of hydrogen-bond donors (Lipinski definition) is 1. The molecule has 1 atom stereocenters. The van der Waals surface area contributed by atoms with Crippen molar-refractivity contribution in [3.05, 3.63) is 39.4 Å². The van der Waals surface area contributed by atoms with E-state index in [1.807, 2.05) is 9.47 Å². The number of ether oxygens (including phenoxy) is 1. The number of carbonyl (C=O) groups excluding carboxylic acids is 1. The third-order valence-electron chi connectivity index (χ3n) is 6.61. The van der Waals surface area contributed by atoms with Crippen molar-refractivity contribution in [2.24, 2.45) is 0 Å². The Balaban J connectivity index is 1.77. The summed E-state index contributed by atoms with van der Waals surface area (Å²) in [6, 6.07) is 1.18. The van der Waals surface area contributed by atoms with E-state index in [9.17, 15) is 19.5 Å². The van der Waals surface area contributed by atoms with Crippen molar-refractivity contribution in [2.75, 3.05) is 18.0 Å². The molecule has 1 N–H and O–H groups in total. The van der Waals surface area contributed by atoms with Crippen LogP contribution in [0.15, 0.2) is 17.1 Å². The Kier molecular flexibility index (Phi) is 4.91. The van der Waals surface area contributed by atoms with Gasteiger partial charge in [0.05, 0.1) is 17.7 Å². The van der Waals surface area contributed by atoms with Crippen molar-refractivity contribution in [3.63, 3.8) is 0 Å². The van der Waals surface area contributed by atoms with E-state index in [1.54, 1.807) is 25.7 Å². The summed E-state index contributed by atoms with van der Waals surface area (Å²) in [5.74, 6) is -1.89. The number of halogens is 1. The van der Waals surface area contributed by atoms with Gasteiger partial charge in [-0.15, -0.1) is 0 Å². The monoisotopic (exact) mass is 457 g/mol. The number of benzene rings is 1. The number of hydrogen-bond acceptors (Lipinski definition) is 5. The molecule has 0 spiro atoms. The average Bonchev–Trinajstić information content (AvgIpc) is 3.48. The van der Waals surface area contributed by atoms with Crippen molar-refractivity contribution < 1.29 is 23.8 Å². The maximum atomic E-state index is 15.6. The van der Waals surface area contributed by atoms with Gasteiger partial charge in [-0.3, -0.25) is 4.79 Å². The molecule has 2 aromatic rings. The van der Waals surface area contributed by atoms with Gasteiger partial charge in [0.15, 0.2) is 0 Å². The van der Waals surface area contributed by atoms with Gasteiger partial charge in [-0.05, 0) is 52.5 Å². The molecule has 1 amide bonds. The molecule has 0 bridgehead atoms. The van der Waals surface area contributed by atoms with E-state index in [4.69, 9.17) is 4.74 Å². The molecule has 8 nitrogen and oxygen atoms in total. The van der Waals surface area contributed by atoms with Gasteiger partial charge in [0.2, 0.25) is 5.43 Å². The average molecular weight is 458 g/mol. The minimum absolute atomic E-state index is 0.0415. The molecule has 3 heterocycles. The maximum Gasteiger partial charge on any atom is 0.410 e. The molecule has 1 unspecified atom stereocenters. The number of aromatic nitrogens is 1. The van der Waals surface area contributed by atoms with Crippen molar-refractivity contribution in [1.29, 1.82) is 0 Å². The smallest absolute Gasteiger partial charge is 0.410 e. The zero-order valence-corrected chi connectivity index (χ0v) is 19.1. The second-order valence-corrected chi connectivity index (χ2v) is 10.2. The fourth-order valence-corrected chi connectivity index (χ4v) is 5.11. The lowest BCUT2D eigenvalue weighted by Crippen LogP contribution is -2.42. The Bertz CT molecular complexity index is 1230. The molecule has 2 fully saturated rings. The molecule has 1 saturated heterocycles. The number of fused-ring (bicyclic) bond motifs is 5. The highest BCUT2D eigenvalue weighted by Crippen LogP contribution is 2.43. The molecule has 176 valence electrons. The molecular formula is C24H28FN3O5. The summed E-state index contributed by atoms with van der Waals surface area (Å²) in [5.41, 5.74) is -0.287. The van der Waals surface area contributed by atoms with Crippen LogP contribution in [0.25, 0.3) is 10.9 Å². The highest BCUT2D eigenvalue weighted by atomic mass is 19.1. The first-order chi connectivity index (χ1) is 15.5. The summed E-state index contributed by atoms with van der Waals surface area (Å²) in [6.45, 7) is 6.53. The number of pyridine rings is 1. The molecule has 3 aliphatic rings. The first-order valence-corrected chi connectivity index (χ1v) is 11.4. The van der Waals surface area contributed by atoms with Crippen LogP contribution in [-0.2, 0) is 11.3 Å². The molecule has 1 aromatic carbocycles. The zero-order chi connectivity index (χ0) is 23.7. The Hall–Kier alpha value is -3.10. The third kappa shape index (κ3) is 3.73. The minimum Gasteiger partial charge on any atom is -0.477 e.